The number of aryl methyl sites for hydroxylation is 1. The van der Waals surface area contributed by atoms with Crippen LogP contribution in [0.4, 0.5) is 0 Å². The van der Waals surface area contributed by atoms with Gasteiger partial charge in [-0.15, -0.1) is 0 Å². The molecule has 1 fully saturated rings. The minimum Gasteiger partial charge on any atom is -1.00 e. The highest BCUT2D eigenvalue weighted by molar-refractivity contribution is 5.89. The van der Waals surface area contributed by atoms with Gasteiger partial charge in [-0.3, -0.25) is 0 Å². The summed E-state index contributed by atoms with van der Waals surface area (Å²) in [5, 5.41) is 9.20. The van der Waals surface area contributed by atoms with Crippen molar-refractivity contribution in [2.75, 3.05) is 20.2 Å². The summed E-state index contributed by atoms with van der Waals surface area (Å²) in [5.74, 6) is 1.21. The molecule has 1 saturated heterocycles. The van der Waals surface area contributed by atoms with E-state index in [2.05, 4.69) is 22.8 Å². The van der Waals surface area contributed by atoms with Gasteiger partial charge in [-0.1, -0.05) is 6.07 Å². The van der Waals surface area contributed by atoms with Crippen LogP contribution in [-0.2, 0) is 6.42 Å². The number of hydrogen-bond donors (Lipinski definition) is 0. The zero-order chi connectivity index (χ0) is 13.9. The van der Waals surface area contributed by atoms with E-state index in [4.69, 9.17) is 4.74 Å². The van der Waals surface area contributed by atoms with Crippen LogP contribution in [-0.4, -0.2) is 30.5 Å². The second-order valence-corrected chi connectivity index (χ2v) is 5.67. The summed E-state index contributed by atoms with van der Waals surface area (Å²) in [5.41, 5.74) is 4.18. The van der Waals surface area contributed by atoms with E-state index < -0.39 is 0 Å². The molecule has 1 aromatic carbocycles. The van der Waals surface area contributed by atoms with E-state index in [9.17, 15) is 5.26 Å². The lowest BCUT2D eigenvalue weighted by Crippen LogP contribution is -3.00. The van der Waals surface area contributed by atoms with Crippen molar-refractivity contribution in [1.29, 1.82) is 5.26 Å². The summed E-state index contributed by atoms with van der Waals surface area (Å²) in [6.07, 6.45) is 5.33. The molecule has 1 unspecified atom stereocenters. The molecule has 0 aromatic heterocycles. The highest BCUT2D eigenvalue weighted by Gasteiger charge is 2.33. The topological polar surface area (TPSA) is 36.0 Å². The molecule has 1 aliphatic heterocycles. The van der Waals surface area contributed by atoms with Gasteiger partial charge in [0.15, 0.2) is 5.71 Å². The van der Waals surface area contributed by atoms with Crippen LogP contribution in [0.15, 0.2) is 18.2 Å². The van der Waals surface area contributed by atoms with Crippen molar-refractivity contribution in [3.8, 4) is 11.8 Å². The number of ether oxygens (including phenoxy) is 1. The third kappa shape index (κ3) is 3.13. The van der Waals surface area contributed by atoms with Gasteiger partial charge in [0.2, 0.25) is 0 Å². The van der Waals surface area contributed by atoms with Crippen LogP contribution in [0.25, 0.3) is 0 Å². The molecule has 2 aliphatic rings. The predicted octanol–water partition coefficient (Wildman–Crippen LogP) is -0.110. The van der Waals surface area contributed by atoms with Crippen LogP contribution in [0.3, 0.4) is 0 Å². The maximum Gasteiger partial charge on any atom is 0.161 e. The second kappa shape index (κ2) is 7.09. The number of methoxy groups -OCH3 is 1. The van der Waals surface area contributed by atoms with Gasteiger partial charge in [0.1, 0.15) is 18.8 Å². The quantitative estimate of drug-likeness (QED) is 0.699. The van der Waals surface area contributed by atoms with Gasteiger partial charge in [0.25, 0.3) is 0 Å². The Morgan fingerprint density at radius 2 is 2.05 bits per heavy atom. The lowest BCUT2D eigenvalue weighted by molar-refractivity contribution is -0.509. The first-order valence-corrected chi connectivity index (χ1v) is 7.48. The van der Waals surface area contributed by atoms with Crippen LogP contribution in [0, 0.1) is 11.3 Å². The first kappa shape index (κ1) is 16.0. The zero-order valence-corrected chi connectivity index (χ0v) is 14.0. The molecular formula is C17H21BrN2O. The van der Waals surface area contributed by atoms with Crippen molar-refractivity contribution in [2.45, 2.75) is 38.0 Å². The number of nitriles is 1. The smallest absolute Gasteiger partial charge is 0.161 e. The Labute approximate surface area is 137 Å². The molecule has 1 aromatic rings. The molecular weight excluding hydrogens is 328 g/mol. The van der Waals surface area contributed by atoms with Crippen molar-refractivity contribution >= 4 is 5.71 Å². The summed E-state index contributed by atoms with van der Waals surface area (Å²) in [6, 6.07) is 8.70. The summed E-state index contributed by atoms with van der Waals surface area (Å²) in [6.45, 7) is 2.34. The Kier molecular flexibility index (Phi) is 5.41. The largest absolute Gasteiger partial charge is 1.00 e. The van der Waals surface area contributed by atoms with Crippen LogP contribution in [0.5, 0.6) is 5.75 Å². The van der Waals surface area contributed by atoms with Crippen LogP contribution in [0.2, 0.25) is 0 Å². The molecule has 0 bridgehead atoms. The number of hydrogen-bond acceptors (Lipinski definition) is 2. The lowest BCUT2D eigenvalue weighted by Gasteiger charge is -2.24. The minimum atomic E-state index is 0. The molecule has 1 heterocycles. The van der Waals surface area contributed by atoms with Crippen LogP contribution < -0.4 is 21.7 Å². The van der Waals surface area contributed by atoms with Gasteiger partial charge in [-0.25, -0.2) is 4.58 Å². The Morgan fingerprint density at radius 1 is 1.29 bits per heavy atom. The Hall–Kier alpha value is -1.34. The molecule has 0 saturated carbocycles. The molecule has 0 spiro atoms. The first-order valence-electron chi connectivity index (χ1n) is 7.48. The van der Waals surface area contributed by atoms with Crippen molar-refractivity contribution in [1.82, 2.24) is 0 Å². The summed E-state index contributed by atoms with van der Waals surface area (Å²) in [7, 11) is 1.71. The molecule has 0 amide bonds. The van der Waals surface area contributed by atoms with E-state index >= 15 is 0 Å². The van der Waals surface area contributed by atoms with E-state index in [0.29, 0.717) is 6.42 Å². The van der Waals surface area contributed by atoms with Gasteiger partial charge in [0, 0.05) is 19.3 Å². The Balaban J connectivity index is 0.00000161. The summed E-state index contributed by atoms with van der Waals surface area (Å²) >= 11 is 0. The standard InChI is InChI=1S/C17H21N2O.BrH/c1-20-14-5-6-15-13(12-14)4-7-17(16(15)8-9-18)19-10-2-3-11-19;/h5-6,12,16H,2-4,7-8,10-11H2,1H3;1H/q+1;/p-1. The third-order valence-corrected chi connectivity index (χ3v) is 4.59. The maximum absolute atomic E-state index is 9.20. The normalized spacial score (nSPS) is 20.5. The summed E-state index contributed by atoms with van der Waals surface area (Å²) in [4.78, 5) is 0. The van der Waals surface area contributed by atoms with Crippen molar-refractivity contribution in [2.24, 2.45) is 0 Å². The second-order valence-electron chi connectivity index (χ2n) is 5.67. The zero-order valence-electron chi connectivity index (χ0n) is 12.4. The molecule has 1 aliphatic carbocycles. The molecule has 4 heteroatoms. The molecule has 0 N–H and O–H groups in total. The van der Waals surface area contributed by atoms with Gasteiger partial charge in [0.05, 0.1) is 25.5 Å². The number of halogens is 1. The SMILES string of the molecule is COc1ccc2c(c1)CCC(=[N+]1CCCC1)C2CC#N.[Br-]. The van der Waals surface area contributed by atoms with Crippen molar-refractivity contribution in [3.05, 3.63) is 29.3 Å². The van der Waals surface area contributed by atoms with Gasteiger partial charge >= 0.3 is 0 Å². The van der Waals surface area contributed by atoms with E-state index in [1.165, 1.54) is 42.8 Å². The first-order chi connectivity index (χ1) is 9.83. The number of fused-ring (bicyclic) bond motifs is 1. The molecule has 1 atom stereocenters. The maximum atomic E-state index is 9.20. The highest BCUT2D eigenvalue weighted by atomic mass is 79.9. The van der Waals surface area contributed by atoms with Crippen molar-refractivity contribution < 1.29 is 26.3 Å². The molecule has 112 valence electrons. The predicted molar refractivity (Wildman–Crippen MR) is 78.5 cm³/mol. The molecule has 0 radical (unpaired) electrons. The van der Waals surface area contributed by atoms with E-state index in [0.717, 1.165) is 18.6 Å². The van der Waals surface area contributed by atoms with Crippen LogP contribution in [0.1, 0.15) is 42.7 Å². The average Bonchev–Trinajstić information content (AvgIpc) is 3.01. The van der Waals surface area contributed by atoms with Gasteiger partial charge in [-0.05, 0) is 29.7 Å². The Bertz CT molecular complexity index is 581. The number of rotatable bonds is 2. The van der Waals surface area contributed by atoms with E-state index in [-0.39, 0.29) is 22.9 Å². The van der Waals surface area contributed by atoms with E-state index in [1.54, 1.807) is 7.11 Å². The number of nitrogens with zero attached hydrogens (tertiary/aromatic N) is 2. The van der Waals surface area contributed by atoms with Crippen molar-refractivity contribution in [3.63, 3.8) is 0 Å². The fraction of sp³-hybridized carbons (Fsp3) is 0.529. The monoisotopic (exact) mass is 348 g/mol. The fourth-order valence-corrected chi connectivity index (χ4v) is 3.58. The fourth-order valence-electron chi connectivity index (χ4n) is 3.58. The molecule has 3 nitrogen and oxygen atoms in total. The van der Waals surface area contributed by atoms with Crippen LogP contribution >= 0.6 is 0 Å². The third-order valence-electron chi connectivity index (χ3n) is 4.59. The molecule has 3 rings (SSSR count). The molecule has 21 heavy (non-hydrogen) atoms. The lowest BCUT2D eigenvalue weighted by atomic mass is 9.79. The average molecular weight is 349 g/mol. The number of benzene rings is 1. The van der Waals surface area contributed by atoms with Gasteiger partial charge in [-0.2, -0.15) is 5.26 Å². The summed E-state index contributed by atoms with van der Waals surface area (Å²) < 4.78 is 7.84. The van der Waals surface area contributed by atoms with Gasteiger partial charge < -0.3 is 21.7 Å². The highest BCUT2D eigenvalue weighted by Crippen LogP contribution is 2.34. The van der Waals surface area contributed by atoms with E-state index in [1.807, 2.05) is 6.07 Å². The Morgan fingerprint density at radius 3 is 2.71 bits per heavy atom. The minimum absolute atomic E-state index is 0.